The first kappa shape index (κ1) is 23.9. The Labute approximate surface area is 192 Å². The summed E-state index contributed by atoms with van der Waals surface area (Å²) in [6, 6.07) is 21.8. The van der Waals surface area contributed by atoms with Crippen LogP contribution in [0.4, 0.5) is 11.4 Å². The van der Waals surface area contributed by atoms with Crippen molar-refractivity contribution >= 4 is 27.3 Å². The van der Waals surface area contributed by atoms with E-state index in [4.69, 9.17) is 0 Å². The van der Waals surface area contributed by atoms with E-state index in [2.05, 4.69) is 10.6 Å². The summed E-state index contributed by atoms with van der Waals surface area (Å²) in [6.07, 6.45) is 0. The molecule has 1 amide bonds. The summed E-state index contributed by atoms with van der Waals surface area (Å²) in [6.45, 7) is -0.458. The molecule has 2 N–H and O–H groups in total. The summed E-state index contributed by atoms with van der Waals surface area (Å²) in [4.78, 5) is 23.2. The monoisotopic (exact) mass is 468 g/mol. The Kier molecular flexibility index (Phi) is 7.41. The molecular formula is C23H24N4O5S. The molecule has 0 aliphatic carbocycles. The number of nitrogens with one attached hydrogen (secondary N) is 2. The molecule has 10 heteroatoms. The Bertz CT molecular complexity index is 1190. The topological polar surface area (TPSA) is 122 Å². The summed E-state index contributed by atoms with van der Waals surface area (Å²) in [5.41, 5.74) is 1.51. The van der Waals surface area contributed by atoms with Crippen LogP contribution in [0, 0.1) is 10.1 Å². The average Bonchev–Trinajstić information content (AvgIpc) is 2.83. The van der Waals surface area contributed by atoms with Crippen molar-refractivity contribution in [2.24, 2.45) is 0 Å². The zero-order valence-electron chi connectivity index (χ0n) is 18.1. The maximum atomic E-state index is 13.0. The lowest BCUT2D eigenvalue weighted by atomic mass is 9.99. The number of hydrogen-bond acceptors (Lipinski definition) is 6. The Hall–Kier alpha value is -3.76. The van der Waals surface area contributed by atoms with Crippen LogP contribution >= 0.6 is 0 Å². The molecule has 0 radical (unpaired) electrons. The highest BCUT2D eigenvalue weighted by atomic mass is 32.2. The predicted octanol–water partition coefficient (Wildman–Crippen LogP) is 3.16. The van der Waals surface area contributed by atoms with Gasteiger partial charge in [0.05, 0.1) is 22.4 Å². The van der Waals surface area contributed by atoms with Gasteiger partial charge in [-0.2, -0.15) is 4.31 Å². The molecule has 0 spiro atoms. The molecule has 0 saturated heterocycles. The van der Waals surface area contributed by atoms with Crippen LogP contribution in [0.25, 0.3) is 0 Å². The van der Waals surface area contributed by atoms with Crippen LogP contribution in [-0.2, 0) is 14.8 Å². The SMILES string of the molecule is CNc1ccc(S(=O)(=O)N(C)CC(=O)NC(c2ccccc2)c2ccccc2)cc1[N+](=O)[O-]. The van der Waals surface area contributed by atoms with E-state index in [1.54, 1.807) is 0 Å². The number of amides is 1. The molecular weight excluding hydrogens is 444 g/mol. The molecule has 0 aliphatic heterocycles. The molecule has 9 nitrogen and oxygen atoms in total. The summed E-state index contributed by atoms with van der Waals surface area (Å²) in [7, 11) is -1.38. The fourth-order valence-electron chi connectivity index (χ4n) is 3.36. The van der Waals surface area contributed by atoms with Crippen molar-refractivity contribution in [1.82, 2.24) is 9.62 Å². The van der Waals surface area contributed by atoms with Crippen molar-refractivity contribution in [3.63, 3.8) is 0 Å². The second-order valence-corrected chi connectivity index (χ2v) is 9.31. The third-order valence-electron chi connectivity index (χ3n) is 5.08. The number of nitro groups is 1. The minimum Gasteiger partial charge on any atom is -0.383 e. The molecule has 3 aromatic rings. The molecule has 0 unspecified atom stereocenters. The van der Waals surface area contributed by atoms with Crippen molar-refractivity contribution in [3.8, 4) is 0 Å². The third-order valence-corrected chi connectivity index (χ3v) is 6.88. The number of benzene rings is 3. The Morgan fingerprint density at radius 3 is 2.03 bits per heavy atom. The fraction of sp³-hybridized carbons (Fsp3) is 0.174. The Morgan fingerprint density at radius 2 is 1.55 bits per heavy atom. The number of carbonyl (C=O) groups excluding carboxylic acids is 1. The van der Waals surface area contributed by atoms with Crippen LogP contribution < -0.4 is 10.6 Å². The number of nitrogens with zero attached hydrogens (tertiary/aromatic N) is 2. The van der Waals surface area contributed by atoms with Gasteiger partial charge in [-0.25, -0.2) is 8.42 Å². The number of sulfonamides is 1. The Morgan fingerprint density at radius 1 is 1.00 bits per heavy atom. The van der Waals surface area contributed by atoms with Crippen molar-refractivity contribution < 1.29 is 18.1 Å². The van der Waals surface area contributed by atoms with Gasteiger partial charge >= 0.3 is 0 Å². The summed E-state index contributed by atoms with van der Waals surface area (Å²) in [5, 5.41) is 16.8. The fourth-order valence-corrected chi connectivity index (χ4v) is 4.51. The van der Waals surface area contributed by atoms with Gasteiger partial charge in [0.1, 0.15) is 5.69 Å². The normalized spacial score (nSPS) is 11.4. The summed E-state index contributed by atoms with van der Waals surface area (Å²) in [5.74, 6) is -0.514. The first-order chi connectivity index (χ1) is 15.7. The van der Waals surface area contributed by atoms with Crippen molar-refractivity contribution in [2.75, 3.05) is 26.0 Å². The van der Waals surface area contributed by atoms with Crippen molar-refractivity contribution in [1.29, 1.82) is 0 Å². The smallest absolute Gasteiger partial charge is 0.293 e. The zero-order chi connectivity index (χ0) is 24.0. The zero-order valence-corrected chi connectivity index (χ0v) is 19.0. The molecule has 0 bridgehead atoms. The molecule has 172 valence electrons. The first-order valence-corrected chi connectivity index (χ1v) is 11.5. The third kappa shape index (κ3) is 5.54. The average molecular weight is 469 g/mol. The number of nitro benzene ring substituents is 1. The predicted molar refractivity (Wildman–Crippen MR) is 125 cm³/mol. The van der Waals surface area contributed by atoms with Gasteiger partial charge in [-0.3, -0.25) is 14.9 Å². The molecule has 0 saturated carbocycles. The lowest BCUT2D eigenvalue weighted by Crippen LogP contribution is -2.40. The van der Waals surface area contributed by atoms with Gasteiger partial charge in [-0.1, -0.05) is 60.7 Å². The molecule has 0 heterocycles. The van der Waals surface area contributed by atoms with Crippen LogP contribution in [0.2, 0.25) is 0 Å². The van der Waals surface area contributed by atoms with E-state index in [1.807, 2.05) is 60.7 Å². The molecule has 3 aromatic carbocycles. The molecule has 3 rings (SSSR count). The second kappa shape index (κ2) is 10.2. The van der Waals surface area contributed by atoms with E-state index in [0.717, 1.165) is 21.5 Å². The molecule has 33 heavy (non-hydrogen) atoms. The van der Waals surface area contributed by atoms with E-state index >= 15 is 0 Å². The maximum absolute atomic E-state index is 13.0. The van der Waals surface area contributed by atoms with E-state index < -0.39 is 33.4 Å². The molecule has 0 aromatic heterocycles. The summed E-state index contributed by atoms with van der Waals surface area (Å²) < 4.78 is 26.8. The number of rotatable bonds is 9. The van der Waals surface area contributed by atoms with E-state index in [1.165, 1.54) is 26.2 Å². The highest BCUT2D eigenvalue weighted by Gasteiger charge is 2.27. The number of hydrogen-bond donors (Lipinski definition) is 2. The van der Waals surface area contributed by atoms with Crippen LogP contribution in [0.1, 0.15) is 17.2 Å². The van der Waals surface area contributed by atoms with Gasteiger partial charge < -0.3 is 10.6 Å². The number of anilines is 1. The lowest BCUT2D eigenvalue weighted by molar-refractivity contribution is -0.384. The van der Waals surface area contributed by atoms with Gasteiger partial charge in [0.15, 0.2) is 0 Å². The highest BCUT2D eigenvalue weighted by Crippen LogP contribution is 2.28. The highest BCUT2D eigenvalue weighted by molar-refractivity contribution is 7.89. The lowest BCUT2D eigenvalue weighted by Gasteiger charge is -2.22. The van der Waals surface area contributed by atoms with E-state index in [9.17, 15) is 23.3 Å². The molecule has 0 fully saturated rings. The maximum Gasteiger partial charge on any atom is 0.293 e. The van der Waals surface area contributed by atoms with Gasteiger partial charge in [0.25, 0.3) is 5.69 Å². The quantitative estimate of drug-likeness (QED) is 0.367. The largest absolute Gasteiger partial charge is 0.383 e. The second-order valence-electron chi connectivity index (χ2n) is 7.27. The minimum absolute atomic E-state index is 0.188. The van der Waals surface area contributed by atoms with E-state index in [-0.39, 0.29) is 16.3 Å². The van der Waals surface area contributed by atoms with Gasteiger partial charge in [-0.05, 0) is 23.3 Å². The standard InChI is InChI=1S/C23H24N4O5S/c1-24-20-14-13-19(15-21(20)27(29)30)33(31,32)26(2)16-22(28)25-23(17-9-5-3-6-10-17)18-11-7-4-8-12-18/h3-15,23-24H,16H2,1-2H3,(H,25,28). The van der Waals surface area contributed by atoms with Gasteiger partial charge in [0, 0.05) is 20.2 Å². The molecule has 0 aliphatic rings. The van der Waals surface area contributed by atoms with Crippen LogP contribution in [0.3, 0.4) is 0 Å². The van der Waals surface area contributed by atoms with E-state index in [0.29, 0.717) is 0 Å². The number of likely N-dealkylation sites (N-methyl/N-ethyl adjacent to an activating group) is 1. The van der Waals surface area contributed by atoms with Crippen molar-refractivity contribution in [2.45, 2.75) is 10.9 Å². The first-order valence-electron chi connectivity index (χ1n) is 10.1. The van der Waals surface area contributed by atoms with Crippen LogP contribution in [-0.4, -0.2) is 44.2 Å². The Balaban J connectivity index is 1.81. The summed E-state index contributed by atoms with van der Waals surface area (Å²) >= 11 is 0. The van der Waals surface area contributed by atoms with Crippen LogP contribution in [0.15, 0.2) is 83.8 Å². The van der Waals surface area contributed by atoms with Crippen LogP contribution in [0.5, 0.6) is 0 Å². The van der Waals surface area contributed by atoms with Gasteiger partial charge in [-0.15, -0.1) is 0 Å². The van der Waals surface area contributed by atoms with Gasteiger partial charge in [0.2, 0.25) is 15.9 Å². The number of carbonyl (C=O) groups is 1. The molecule has 0 atom stereocenters. The minimum atomic E-state index is -4.14. The van der Waals surface area contributed by atoms with Crippen molar-refractivity contribution in [3.05, 3.63) is 100 Å².